The Bertz CT molecular complexity index is 868. The molecule has 3 heterocycles. The number of imidazole rings is 1. The molecule has 24 heavy (non-hydrogen) atoms. The van der Waals surface area contributed by atoms with Gasteiger partial charge in [-0.25, -0.2) is 9.78 Å². The van der Waals surface area contributed by atoms with Crippen molar-refractivity contribution in [1.82, 2.24) is 18.7 Å². The molecule has 1 aliphatic rings. The molecule has 0 bridgehead atoms. The van der Waals surface area contributed by atoms with Crippen molar-refractivity contribution < 1.29 is 9.64 Å². The predicted octanol–water partition coefficient (Wildman–Crippen LogP) is -1.35. The van der Waals surface area contributed by atoms with Crippen LogP contribution in [-0.4, -0.2) is 44.0 Å². The Hall–Kier alpha value is -1.93. The Labute approximate surface area is 140 Å². The van der Waals surface area contributed by atoms with Gasteiger partial charge in [-0.2, -0.15) is 0 Å². The zero-order valence-electron chi connectivity index (χ0n) is 15.0. The van der Waals surface area contributed by atoms with E-state index in [-0.39, 0.29) is 23.5 Å². The lowest BCUT2D eigenvalue weighted by Crippen LogP contribution is -3.14. The molecule has 1 saturated heterocycles. The molecule has 0 spiro atoms. The number of aromatic nitrogens is 4. The van der Waals surface area contributed by atoms with E-state index in [1.807, 2.05) is 11.5 Å². The summed E-state index contributed by atoms with van der Waals surface area (Å²) in [5, 5.41) is 0. The molecule has 0 saturated carbocycles. The van der Waals surface area contributed by atoms with Crippen LogP contribution in [0.25, 0.3) is 11.2 Å². The molecule has 132 valence electrons. The fourth-order valence-electron chi connectivity index (χ4n) is 3.72. The first kappa shape index (κ1) is 16.9. The van der Waals surface area contributed by atoms with Gasteiger partial charge in [0, 0.05) is 20.6 Å². The smallest absolute Gasteiger partial charge is 0.332 e. The van der Waals surface area contributed by atoms with Gasteiger partial charge in [0.05, 0.1) is 0 Å². The summed E-state index contributed by atoms with van der Waals surface area (Å²) in [6, 6.07) is 0. The number of rotatable bonds is 3. The number of aryl methyl sites for hydroxylation is 2. The third-order valence-corrected chi connectivity index (χ3v) is 4.77. The zero-order valence-corrected chi connectivity index (χ0v) is 15.0. The zero-order chi connectivity index (χ0) is 17.6. The lowest BCUT2D eigenvalue weighted by molar-refractivity contribution is -0.929. The summed E-state index contributed by atoms with van der Waals surface area (Å²) in [6.45, 7) is 9.35. The molecule has 0 aromatic carbocycles. The van der Waals surface area contributed by atoms with E-state index in [0.29, 0.717) is 17.7 Å². The second-order valence-corrected chi connectivity index (χ2v) is 6.74. The van der Waals surface area contributed by atoms with Gasteiger partial charge in [-0.3, -0.25) is 13.9 Å². The van der Waals surface area contributed by atoms with Crippen molar-refractivity contribution in [2.45, 2.75) is 46.1 Å². The number of ether oxygens (including phenoxy) is 1. The molecule has 8 heteroatoms. The van der Waals surface area contributed by atoms with Crippen molar-refractivity contribution >= 4 is 11.2 Å². The minimum atomic E-state index is -0.347. The van der Waals surface area contributed by atoms with E-state index in [4.69, 9.17) is 4.74 Å². The van der Waals surface area contributed by atoms with Gasteiger partial charge in [0.25, 0.3) is 5.56 Å². The molecular weight excluding hydrogens is 310 g/mol. The molecule has 0 amide bonds. The molecule has 0 radical (unpaired) electrons. The highest BCUT2D eigenvalue weighted by Gasteiger charge is 2.28. The van der Waals surface area contributed by atoms with Crippen molar-refractivity contribution in [3.63, 3.8) is 0 Å². The van der Waals surface area contributed by atoms with E-state index in [1.165, 1.54) is 16.5 Å². The molecule has 3 rings (SSSR count). The van der Waals surface area contributed by atoms with Crippen LogP contribution in [0.3, 0.4) is 0 Å². The third kappa shape index (κ3) is 2.69. The highest BCUT2D eigenvalue weighted by atomic mass is 16.5. The average Bonchev–Trinajstić information content (AvgIpc) is 2.88. The molecule has 8 nitrogen and oxygen atoms in total. The van der Waals surface area contributed by atoms with E-state index in [2.05, 4.69) is 18.8 Å². The minimum absolute atomic E-state index is 0.209. The van der Waals surface area contributed by atoms with Crippen LogP contribution in [0.2, 0.25) is 0 Å². The van der Waals surface area contributed by atoms with E-state index < -0.39 is 0 Å². The molecule has 0 unspecified atom stereocenters. The summed E-state index contributed by atoms with van der Waals surface area (Å²) < 4.78 is 10.3. The first-order chi connectivity index (χ1) is 11.3. The summed E-state index contributed by atoms with van der Waals surface area (Å²) in [7, 11) is 3.17. The largest absolute Gasteiger partial charge is 0.364 e. The summed E-state index contributed by atoms with van der Waals surface area (Å²) >= 11 is 0. The number of quaternary nitrogens is 1. The molecule has 2 atom stereocenters. The molecule has 2 aromatic rings. The van der Waals surface area contributed by atoms with E-state index in [9.17, 15) is 9.59 Å². The van der Waals surface area contributed by atoms with E-state index in [1.54, 1.807) is 7.05 Å². The molecule has 1 N–H and O–H groups in total. The van der Waals surface area contributed by atoms with Gasteiger partial charge in [0.15, 0.2) is 17.0 Å². The van der Waals surface area contributed by atoms with Crippen LogP contribution >= 0.6 is 0 Å². The summed E-state index contributed by atoms with van der Waals surface area (Å²) in [5.41, 5.74) is 0.341. The number of nitrogens with one attached hydrogen (secondary N) is 1. The van der Waals surface area contributed by atoms with Gasteiger partial charge in [-0.05, 0) is 20.8 Å². The Morgan fingerprint density at radius 2 is 1.79 bits per heavy atom. The maximum absolute atomic E-state index is 12.6. The normalized spacial score (nSPS) is 24.6. The van der Waals surface area contributed by atoms with Gasteiger partial charge in [0.2, 0.25) is 0 Å². The second-order valence-electron chi connectivity index (χ2n) is 6.74. The highest BCUT2D eigenvalue weighted by molar-refractivity contribution is 5.71. The predicted molar refractivity (Wildman–Crippen MR) is 90.3 cm³/mol. The van der Waals surface area contributed by atoms with Crippen LogP contribution in [-0.2, 0) is 31.9 Å². The van der Waals surface area contributed by atoms with Crippen molar-refractivity contribution in [1.29, 1.82) is 0 Å². The van der Waals surface area contributed by atoms with Gasteiger partial charge in [-0.15, -0.1) is 0 Å². The number of hydrogen-bond donors (Lipinski definition) is 1. The van der Waals surface area contributed by atoms with Crippen LogP contribution in [0.1, 0.15) is 26.6 Å². The quantitative estimate of drug-likeness (QED) is 0.752. The van der Waals surface area contributed by atoms with Gasteiger partial charge < -0.3 is 14.2 Å². The molecule has 1 aliphatic heterocycles. The maximum atomic E-state index is 12.6. The SMILES string of the molecule is CCn1c(C[NH+]2C[C@@H](C)O[C@H](C)C2)nc2c1c(=O)n(C)c(=O)n2C. The lowest BCUT2D eigenvalue weighted by atomic mass is 10.2. The summed E-state index contributed by atoms with van der Waals surface area (Å²) in [4.78, 5) is 30.7. The number of nitrogens with zero attached hydrogens (tertiary/aromatic N) is 4. The fourth-order valence-corrected chi connectivity index (χ4v) is 3.72. The lowest BCUT2D eigenvalue weighted by Gasteiger charge is -2.32. The summed E-state index contributed by atoms with van der Waals surface area (Å²) in [6.07, 6.45) is 0.417. The average molecular weight is 336 g/mol. The van der Waals surface area contributed by atoms with Crippen LogP contribution in [0, 0.1) is 0 Å². The first-order valence-corrected chi connectivity index (χ1v) is 8.47. The molecular formula is C16H26N5O3+. The van der Waals surface area contributed by atoms with Crippen LogP contribution in [0.4, 0.5) is 0 Å². The standard InChI is InChI=1S/C16H25N5O3/c1-6-21-12(9-20-7-10(2)24-11(3)8-20)17-14-13(21)15(22)19(5)16(23)18(14)4/h10-11H,6-9H2,1-5H3/p+1/t10-,11-/m1/s1. The molecule has 1 fully saturated rings. The van der Waals surface area contributed by atoms with E-state index >= 15 is 0 Å². The van der Waals surface area contributed by atoms with Gasteiger partial charge >= 0.3 is 5.69 Å². The minimum Gasteiger partial charge on any atom is -0.364 e. The van der Waals surface area contributed by atoms with Crippen molar-refractivity contribution in [2.24, 2.45) is 14.1 Å². The highest BCUT2D eigenvalue weighted by Crippen LogP contribution is 2.10. The van der Waals surface area contributed by atoms with Crippen LogP contribution < -0.4 is 16.1 Å². The van der Waals surface area contributed by atoms with Gasteiger partial charge in [0.1, 0.15) is 31.8 Å². The van der Waals surface area contributed by atoms with Crippen molar-refractivity contribution in [2.75, 3.05) is 13.1 Å². The Morgan fingerprint density at radius 3 is 2.38 bits per heavy atom. The Kier molecular flexibility index (Phi) is 4.35. The molecule has 0 aliphatic carbocycles. The topological polar surface area (TPSA) is 75.5 Å². The number of morpholine rings is 1. The Morgan fingerprint density at radius 1 is 1.17 bits per heavy atom. The van der Waals surface area contributed by atoms with Crippen LogP contribution in [0.5, 0.6) is 0 Å². The van der Waals surface area contributed by atoms with Gasteiger partial charge in [-0.1, -0.05) is 0 Å². The fraction of sp³-hybridized carbons (Fsp3) is 0.688. The van der Waals surface area contributed by atoms with E-state index in [0.717, 1.165) is 30.0 Å². The molecule has 2 aromatic heterocycles. The maximum Gasteiger partial charge on any atom is 0.332 e. The number of hydrogen-bond acceptors (Lipinski definition) is 4. The van der Waals surface area contributed by atoms with Crippen molar-refractivity contribution in [3.8, 4) is 0 Å². The second kappa shape index (κ2) is 6.18. The number of fused-ring (bicyclic) bond motifs is 1. The van der Waals surface area contributed by atoms with Crippen LogP contribution in [0.15, 0.2) is 9.59 Å². The van der Waals surface area contributed by atoms with Crippen molar-refractivity contribution in [3.05, 3.63) is 26.7 Å². The Balaban J connectivity index is 2.09. The first-order valence-electron chi connectivity index (χ1n) is 8.47. The summed E-state index contributed by atoms with van der Waals surface area (Å²) in [5.74, 6) is 0.849. The third-order valence-electron chi connectivity index (χ3n) is 4.77. The monoisotopic (exact) mass is 336 g/mol.